The smallest absolute Gasteiger partial charge is 0.336 e. The van der Waals surface area contributed by atoms with Gasteiger partial charge in [0, 0.05) is 17.0 Å². The molecule has 0 saturated heterocycles. The number of fused-ring (bicyclic) bond motifs is 1. The third kappa shape index (κ3) is 4.78. The van der Waals surface area contributed by atoms with Crippen molar-refractivity contribution in [2.24, 2.45) is 0 Å². The molecule has 34 heavy (non-hydrogen) atoms. The Bertz CT molecular complexity index is 1520. The normalized spacial score (nSPS) is 12.4. The lowest BCUT2D eigenvalue weighted by atomic mass is 10.1. The van der Waals surface area contributed by atoms with Crippen molar-refractivity contribution < 1.29 is 22.4 Å². The Balaban J connectivity index is 1.70. The van der Waals surface area contributed by atoms with Gasteiger partial charge in [-0.05, 0) is 56.2 Å². The van der Waals surface area contributed by atoms with E-state index in [2.05, 4.69) is 4.72 Å². The van der Waals surface area contributed by atoms with Crippen molar-refractivity contribution in [1.29, 1.82) is 0 Å². The highest BCUT2D eigenvalue weighted by atomic mass is 32.2. The van der Waals surface area contributed by atoms with Crippen molar-refractivity contribution in [3.05, 3.63) is 105 Å². The van der Waals surface area contributed by atoms with Crippen LogP contribution in [0.15, 0.2) is 86.9 Å². The number of ether oxygens (including phenoxy) is 1. The molecule has 174 valence electrons. The molecule has 4 aromatic rings. The molecule has 0 fully saturated rings. The van der Waals surface area contributed by atoms with Gasteiger partial charge in [-0.25, -0.2) is 18.0 Å². The van der Waals surface area contributed by atoms with E-state index in [0.717, 1.165) is 16.5 Å². The van der Waals surface area contributed by atoms with Crippen LogP contribution in [-0.4, -0.2) is 14.4 Å². The number of hydrogen-bond acceptors (Lipinski definition) is 6. The SMILES string of the molecule is Cc1ccc(S(=O)(=O)N[C@H](C(=O)Oc2ccc3c(C)cc(=O)oc3c2C)c2ccccc2)cc1. The van der Waals surface area contributed by atoms with Crippen LogP contribution in [0.1, 0.15) is 28.3 Å². The fourth-order valence-electron chi connectivity index (χ4n) is 3.62. The molecule has 1 heterocycles. The Hall–Kier alpha value is -3.75. The maximum atomic E-state index is 13.3. The molecule has 0 saturated carbocycles. The summed E-state index contributed by atoms with van der Waals surface area (Å²) in [6.07, 6.45) is 0. The van der Waals surface area contributed by atoms with Gasteiger partial charge in [0.25, 0.3) is 0 Å². The molecule has 1 atom stereocenters. The van der Waals surface area contributed by atoms with Crippen molar-refractivity contribution >= 4 is 27.0 Å². The summed E-state index contributed by atoms with van der Waals surface area (Å²) in [5, 5.41) is 0.719. The molecule has 0 aliphatic carbocycles. The van der Waals surface area contributed by atoms with Crippen molar-refractivity contribution in [3.8, 4) is 5.75 Å². The minimum absolute atomic E-state index is 0.0333. The second kappa shape index (κ2) is 9.24. The summed E-state index contributed by atoms with van der Waals surface area (Å²) in [5.74, 6) is -0.652. The van der Waals surface area contributed by atoms with Crippen LogP contribution in [0.25, 0.3) is 11.0 Å². The van der Waals surface area contributed by atoms with E-state index in [1.54, 1.807) is 68.4 Å². The van der Waals surface area contributed by atoms with Crippen molar-refractivity contribution in [2.75, 3.05) is 0 Å². The fraction of sp³-hybridized carbons (Fsp3) is 0.154. The van der Waals surface area contributed by atoms with Crippen LogP contribution in [0.4, 0.5) is 0 Å². The monoisotopic (exact) mass is 477 g/mol. The number of aryl methyl sites for hydroxylation is 3. The highest BCUT2D eigenvalue weighted by Crippen LogP contribution is 2.29. The molecule has 1 aromatic heterocycles. The number of benzene rings is 3. The van der Waals surface area contributed by atoms with Crippen molar-refractivity contribution in [2.45, 2.75) is 31.7 Å². The average Bonchev–Trinajstić information content (AvgIpc) is 2.80. The summed E-state index contributed by atoms with van der Waals surface area (Å²) in [4.78, 5) is 25.1. The Morgan fingerprint density at radius 1 is 0.941 bits per heavy atom. The number of hydrogen-bond donors (Lipinski definition) is 1. The summed E-state index contributed by atoms with van der Waals surface area (Å²) in [7, 11) is -4.03. The molecule has 3 aromatic carbocycles. The minimum atomic E-state index is -4.03. The zero-order valence-corrected chi connectivity index (χ0v) is 19.7. The van der Waals surface area contributed by atoms with Crippen molar-refractivity contribution in [3.63, 3.8) is 0 Å². The predicted molar refractivity (Wildman–Crippen MR) is 128 cm³/mol. The first kappa shape index (κ1) is 23.4. The topological polar surface area (TPSA) is 103 Å². The quantitative estimate of drug-likeness (QED) is 0.252. The van der Waals surface area contributed by atoms with E-state index in [1.807, 2.05) is 6.92 Å². The second-order valence-electron chi connectivity index (χ2n) is 8.01. The molecule has 0 amide bonds. The zero-order valence-electron chi connectivity index (χ0n) is 18.9. The Morgan fingerprint density at radius 2 is 1.62 bits per heavy atom. The van der Waals surface area contributed by atoms with Crippen molar-refractivity contribution in [1.82, 2.24) is 4.72 Å². The molecule has 4 rings (SSSR count). The standard InChI is InChI=1S/C26H23NO6S/c1-16-9-11-20(12-10-16)34(30,31)27-24(19-7-5-4-6-8-19)26(29)32-22-14-13-21-17(2)15-23(28)33-25(21)18(22)3/h4-15,24,27H,1-3H3/t24-/m0/s1. The van der Waals surface area contributed by atoms with Crippen LogP contribution in [0.3, 0.4) is 0 Å². The number of esters is 1. The van der Waals surface area contributed by atoms with E-state index < -0.39 is 27.7 Å². The molecule has 0 unspecified atom stereocenters. The number of nitrogens with one attached hydrogen (secondary N) is 1. The Labute approximate surface area is 197 Å². The lowest BCUT2D eigenvalue weighted by Gasteiger charge is -2.19. The third-order valence-electron chi connectivity index (χ3n) is 5.50. The van der Waals surface area contributed by atoms with Gasteiger partial charge in [-0.2, -0.15) is 4.72 Å². The zero-order chi connectivity index (χ0) is 24.5. The molecular formula is C26H23NO6S. The van der Waals surface area contributed by atoms with E-state index in [4.69, 9.17) is 9.15 Å². The summed E-state index contributed by atoms with van der Waals surface area (Å²) >= 11 is 0. The molecule has 0 aliphatic heterocycles. The van der Waals surface area contributed by atoms with E-state index in [-0.39, 0.29) is 10.6 Å². The minimum Gasteiger partial charge on any atom is -0.425 e. The Kier molecular flexibility index (Phi) is 6.37. The predicted octanol–water partition coefficient (Wildman–Crippen LogP) is 4.34. The maximum Gasteiger partial charge on any atom is 0.336 e. The Morgan fingerprint density at radius 3 is 2.29 bits per heavy atom. The van der Waals surface area contributed by atoms with Gasteiger partial charge in [-0.15, -0.1) is 0 Å². The highest BCUT2D eigenvalue weighted by molar-refractivity contribution is 7.89. The first-order chi connectivity index (χ1) is 16.2. The molecule has 0 radical (unpaired) electrons. The van der Waals surface area contributed by atoms with Gasteiger partial charge in [-0.1, -0.05) is 48.0 Å². The number of carbonyl (C=O) groups is 1. The number of sulfonamides is 1. The van der Waals surface area contributed by atoms with Crippen LogP contribution < -0.4 is 15.1 Å². The van der Waals surface area contributed by atoms with Gasteiger partial charge >= 0.3 is 11.6 Å². The molecule has 0 bridgehead atoms. The van der Waals surface area contributed by atoms with Crippen LogP contribution in [0.2, 0.25) is 0 Å². The first-order valence-corrected chi connectivity index (χ1v) is 12.0. The number of rotatable bonds is 6. The largest absolute Gasteiger partial charge is 0.425 e. The summed E-state index contributed by atoms with van der Waals surface area (Å²) in [5.41, 5.74) is 2.33. The molecule has 0 aliphatic rings. The van der Waals surface area contributed by atoms with Gasteiger partial charge < -0.3 is 9.15 Å². The number of carbonyl (C=O) groups excluding carboxylic acids is 1. The molecule has 7 nitrogen and oxygen atoms in total. The van der Waals surface area contributed by atoms with Gasteiger partial charge in [0.15, 0.2) is 0 Å². The van der Waals surface area contributed by atoms with Crippen LogP contribution in [0, 0.1) is 20.8 Å². The van der Waals surface area contributed by atoms with Gasteiger partial charge in [0.1, 0.15) is 17.4 Å². The van der Waals surface area contributed by atoms with Gasteiger partial charge in [0.2, 0.25) is 10.0 Å². The lowest BCUT2D eigenvalue weighted by molar-refractivity contribution is -0.136. The van der Waals surface area contributed by atoms with E-state index in [9.17, 15) is 18.0 Å². The molecule has 8 heteroatoms. The van der Waals surface area contributed by atoms with Gasteiger partial charge in [0.05, 0.1) is 4.90 Å². The van der Waals surface area contributed by atoms with E-state index in [1.165, 1.54) is 18.2 Å². The average molecular weight is 478 g/mol. The van der Waals surface area contributed by atoms with Crippen LogP contribution in [-0.2, 0) is 14.8 Å². The molecule has 1 N–H and O–H groups in total. The first-order valence-electron chi connectivity index (χ1n) is 10.6. The van der Waals surface area contributed by atoms with Gasteiger partial charge in [-0.3, -0.25) is 0 Å². The summed E-state index contributed by atoms with van der Waals surface area (Å²) in [6.45, 7) is 5.31. The summed E-state index contributed by atoms with van der Waals surface area (Å²) in [6, 6.07) is 18.1. The molecular weight excluding hydrogens is 454 g/mol. The third-order valence-corrected chi connectivity index (χ3v) is 6.94. The van der Waals surface area contributed by atoms with Crippen LogP contribution >= 0.6 is 0 Å². The molecule has 0 spiro atoms. The fourth-order valence-corrected chi connectivity index (χ4v) is 4.79. The maximum absolute atomic E-state index is 13.3. The van der Waals surface area contributed by atoms with E-state index >= 15 is 0 Å². The lowest BCUT2D eigenvalue weighted by Crippen LogP contribution is -2.36. The van der Waals surface area contributed by atoms with Crippen LogP contribution in [0.5, 0.6) is 5.75 Å². The summed E-state index contributed by atoms with van der Waals surface area (Å²) < 4.78 is 39.5. The highest BCUT2D eigenvalue weighted by Gasteiger charge is 2.29. The second-order valence-corrected chi connectivity index (χ2v) is 9.73. The van der Waals surface area contributed by atoms with E-state index in [0.29, 0.717) is 16.7 Å².